The average Bonchev–Trinajstić information content (AvgIpc) is 3.21. The maximum atomic E-state index is 13.9. The highest BCUT2D eigenvalue weighted by Crippen LogP contribution is 2.39. The SMILES string of the molecule is CCOc1ccccc1NC(=O)N1CCC2(CC1)C(=O)N(CC(=O)N1CCCCC1)CN2c1ccccc1. The van der Waals surface area contributed by atoms with Crippen LogP contribution in [0.3, 0.4) is 0 Å². The predicted molar refractivity (Wildman–Crippen MR) is 146 cm³/mol. The van der Waals surface area contributed by atoms with Crippen molar-refractivity contribution in [3.63, 3.8) is 0 Å². The fourth-order valence-corrected chi connectivity index (χ4v) is 5.85. The molecule has 4 amide bonds. The van der Waals surface area contributed by atoms with Gasteiger partial charge in [-0.2, -0.15) is 0 Å². The number of para-hydroxylation sites is 3. The molecule has 9 nitrogen and oxygen atoms in total. The number of hydrogen-bond acceptors (Lipinski definition) is 5. The number of hydrogen-bond donors (Lipinski definition) is 1. The van der Waals surface area contributed by atoms with Crippen molar-refractivity contribution in [3.05, 3.63) is 54.6 Å². The summed E-state index contributed by atoms with van der Waals surface area (Å²) >= 11 is 0. The predicted octanol–water partition coefficient (Wildman–Crippen LogP) is 3.77. The number of anilines is 2. The minimum atomic E-state index is -0.774. The van der Waals surface area contributed by atoms with E-state index in [1.807, 2.05) is 66.4 Å². The van der Waals surface area contributed by atoms with Crippen LogP contribution in [0.15, 0.2) is 54.6 Å². The van der Waals surface area contributed by atoms with Crippen LogP contribution in [0.1, 0.15) is 39.0 Å². The Morgan fingerprint density at radius 2 is 1.58 bits per heavy atom. The maximum absolute atomic E-state index is 13.9. The van der Waals surface area contributed by atoms with E-state index in [-0.39, 0.29) is 24.4 Å². The number of carbonyl (C=O) groups is 3. The van der Waals surface area contributed by atoms with Crippen LogP contribution in [0.25, 0.3) is 0 Å². The summed E-state index contributed by atoms with van der Waals surface area (Å²) in [5.41, 5.74) is 0.811. The van der Waals surface area contributed by atoms with Crippen LogP contribution < -0.4 is 15.0 Å². The molecule has 0 atom stereocenters. The van der Waals surface area contributed by atoms with Crippen molar-refractivity contribution < 1.29 is 19.1 Å². The molecule has 38 heavy (non-hydrogen) atoms. The fourth-order valence-electron chi connectivity index (χ4n) is 5.85. The second-order valence-corrected chi connectivity index (χ2v) is 10.2. The van der Waals surface area contributed by atoms with E-state index >= 15 is 0 Å². The van der Waals surface area contributed by atoms with Gasteiger partial charge in [-0.15, -0.1) is 0 Å². The molecule has 1 N–H and O–H groups in total. The third kappa shape index (κ3) is 5.14. The Labute approximate surface area is 224 Å². The van der Waals surface area contributed by atoms with Gasteiger partial charge >= 0.3 is 6.03 Å². The van der Waals surface area contributed by atoms with E-state index in [2.05, 4.69) is 10.2 Å². The van der Waals surface area contributed by atoms with Gasteiger partial charge in [0.25, 0.3) is 5.91 Å². The lowest BCUT2D eigenvalue weighted by Gasteiger charge is -2.43. The summed E-state index contributed by atoms with van der Waals surface area (Å²) in [6.45, 7) is 5.29. The largest absolute Gasteiger partial charge is 0.492 e. The second-order valence-electron chi connectivity index (χ2n) is 10.2. The van der Waals surface area contributed by atoms with Gasteiger partial charge in [0.15, 0.2) is 0 Å². The molecular formula is C29H37N5O4. The molecule has 0 bridgehead atoms. The number of piperidine rings is 2. The number of ether oxygens (including phenoxy) is 1. The van der Waals surface area contributed by atoms with Gasteiger partial charge in [0.1, 0.15) is 17.8 Å². The Morgan fingerprint density at radius 1 is 0.895 bits per heavy atom. The van der Waals surface area contributed by atoms with Crippen molar-refractivity contribution in [1.29, 1.82) is 0 Å². The van der Waals surface area contributed by atoms with Gasteiger partial charge in [0.2, 0.25) is 5.91 Å². The van der Waals surface area contributed by atoms with Crippen LogP contribution >= 0.6 is 0 Å². The molecule has 2 aromatic carbocycles. The lowest BCUT2D eigenvalue weighted by Crippen LogP contribution is -2.58. The number of carbonyl (C=O) groups excluding carboxylic acids is 3. The Morgan fingerprint density at radius 3 is 2.29 bits per heavy atom. The first kappa shape index (κ1) is 25.9. The smallest absolute Gasteiger partial charge is 0.321 e. The van der Waals surface area contributed by atoms with Gasteiger partial charge in [-0.1, -0.05) is 30.3 Å². The zero-order chi connectivity index (χ0) is 26.5. The summed E-state index contributed by atoms with van der Waals surface area (Å²) in [4.78, 5) is 47.6. The van der Waals surface area contributed by atoms with Gasteiger partial charge in [-0.3, -0.25) is 9.59 Å². The molecule has 2 aromatic rings. The summed E-state index contributed by atoms with van der Waals surface area (Å²) in [6, 6.07) is 17.1. The maximum Gasteiger partial charge on any atom is 0.321 e. The van der Waals surface area contributed by atoms with E-state index in [4.69, 9.17) is 4.74 Å². The van der Waals surface area contributed by atoms with Gasteiger partial charge in [-0.25, -0.2) is 4.79 Å². The highest BCUT2D eigenvalue weighted by molar-refractivity contribution is 5.97. The van der Waals surface area contributed by atoms with E-state index in [1.165, 1.54) is 0 Å². The highest BCUT2D eigenvalue weighted by atomic mass is 16.5. The molecule has 0 unspecified atom stereocenters. The van der Waals surface area contributed by atoms with Crippen molar-refractivity contribution in [1.82, 2.24) is 14.7 Å². The summed E-state index contributed by atoms with van der Waals surface area (Å²) in [5, 5.41) is 2.97. The third-order valence-electron chi connectivity index (χ3n) is 7.92. The summed E-state index contributed by atoms with van der Waals surface area (Å²) < 4.78 is 5.64. The Bertz CT molecular complexity index is 1140. The minimum absolute atomic E-state index is 0.0199. The Kier molecular flexibility index (Phi) is 7.72. The van der Waals surface area contributed by atoms with Crippen molar-refractivity contribution in [3.8, 4) is 5.75 Å². The first-order valence-electron chi connectivity index (χ1n) is 13.7. The Hall–Kier alpha value is -3.75. The van der Waals surface area contributed by atoms with E-state index < -0.39 is 5.54 Å². The number of urea groups is 1. The molecule has 202 valence electrons. The molecule has 3 aliphatic heterocycles. The van der Waals surface area contributed by atoms with Crippen LogP contribution in [0, 0.1) is 0 Å². The number of nitrogens with one attached hydrogen (secondary N) is 1. The fraction of sp³-hybridized carbons (Fsp3) is 0.483. The average molecular weight is 520 g/mol. The molecule has 3 heterocycles. The van der Waals surface area contributed by atoms with E-state index in [0.29, 0.717) is 50.6 Å². The standard InChI is InChI=1S/C29H37N5O4/c1-2-38-25-14-8-7-13-24(25)30-28(37)32-19-15-29(16-20-32)27(36)33(21-26(35)31-17-9-4-10-18-31)22-34(29)23-11-5-3-6-12-23/h3,5-8,11-14H,2,4,9-10,15-22H2,1H3,(H,30,37). The Balaban J connectivity index is 1.30. The van der Waals surface area contributed by atoms with Crippen molar-refractivity contribution in [2.75, 3.05) is 56.2 Å². The molecular weight excluding hydrogens is 482 g/mol. The number of rotatable bonds is 6. The first-order valence-corrected chi connectivity index (χ1v) is 13.7. The molecule has 3 saturated heterocycles. The molecule has 0 aromatic heterocycles. The molecule has 3 fully saturated rings. The quantitative estimate of drug-likeness (QED) is 0.628. The number of nitrogens with zero attached hydrogens (tertiary/aromatic N) is 4. The number of amides is 4. The van der Waals surface area contributed by atoms with Crippen LogP contribution in [-0.2, 0) is 9.59 Å². The van der Waals surface area contributed by atoms with E-state index in [9.17, 15) is 14.4 Å². The summed E-state index contributed by atoms with van der Waals surface area (Å²) in [6.07, 6.45) is 4.18. The van der Waals surface area contributed by atoms with E-state index in [0.717, 1.165) is 38.0 Å². The summed E-state index contributed by atoms with van der Waals surface area (Å²) in [5.74, 6) is 0.633. The topological polar surface area (TPSA) is 85.4 Å². The van der Waals surface area contributed by atoms with Crippen molar-refractivity contribution >= 4 is 29.2 Å². The number of benzene rings is 2. The van der Waals surface area contributed by atoms with Crippen LogP contribution in [0.2, 0.25) is 0 Å². The lowest BCUT2D eigenvalue weighted by atomic mass is 9.85. The van der Waals surface area contributed by atoms with Crippen LogP contribution in [0.5, 0.6) is 5.75 Å². The summed E-state index contributed by atoms with van der Waals surface area (Å²) in [7, 11) is 0. The zero-order valence-electron chi connectivity index (χ0n) is 22.1. The van der Waals surface area contributed by atoms with Crippen molar-refractivity contribution in [2.24, 2.45) is 0 Å². The molecule has 0 saturated carbocycles. The van der Waals surface area contributed by atoms with Gasteiger partial charge < -0.3 is 29.7 Å². The first-order chi connectivity index (χ1) is 18.5. The van der Waals surface area contributed by atoms with Crippen LogP contribution in [0.4, 0.5) is 16.2 Å². The second kappa shape index (κ2) is 11.3. The number of likely N-dealkylation sites (tertiary alicyclic amines) is 2. The van der Waals surface area contributed by atoms with Crippen LogP contribution in [-0.4, -0.2) is 84.1 Å². The van der Waals surface area contributed by atoms with Crippen molar-refractivity contribution in [2.45, 2.75) is 44.6 Å². The van der Waals surface area contributed by atoms with Gasteiger partial charge in [0.05, 0.1) is 19.0 Å². The normalized spacial score (nSPS) is 19.1. The molecule has 9 heteroatoms. The minimum Gasteiger partial charge on any atom is -0.492 e. The molecule has 3 aliphatic rings. The zero-order valence-corrected chi connectivity index (χ0v) is 22.1. The van der Waals surface area contributed by atoms with Gasteiger partial charge in [-0.05, 0) is 63.3 Å². The highest BCUT2D eigenvalue weighted by Gasteiger charge is 2.54. The van der Waals surface area contributed by atoms with E-state index in [1.54, 1.807) is 9.80 Å². The molecule has 0 aliphatic carbocycles. The molecule has 1 spiro atoms. The lowest BCUT2D eigenvalue weighted by molar-refractivity contribution is -0.141. The van der Waals surface area contributed by atoms with Gasteiger partial charge in [0, 0.05) is 31.9 Å². The molecule has 0 radical (unpaired) electrons. The third-order valence-corrected chi connectivity index (χ3v) is 7.92. The molecule has 5 rings (SSSR count). The monoisotopic (exact) mass is 519 g/mol.